The van der Waals surface area contributed by atoms with Crippen molar-refractivity contribution in [3.63, 3.8) is 0 Å². The van der Waals surface area contributed by atoms with Gasteiger partial charge in [0.25, 0.3) is 0 Å². The number of fused-ring (bicyclic) bond motifs is 2. The van der Waals surface area contributed by atoms with E-state index in [0.717, 1.165) is 28.2 Å². The lowest BCUT2D eigenvalue weighted by Crippen LogP contribution is -2.25. The van der Waals surface area contributed by atoms with Crippen molar-refractivity contribution >= 4 is 17.8 Å². The molecule has 2 aliphatic heterocycles. The number of nitrogens with one attached hydrogen (secondary N) is 2. The van der Waals surface area contributed by atoms with Crippen LogP contribution >= 0.6 is 0 Å². The fourth-order valence-electron chi connectivity index (χ4n) is 3.04. The highest BCUT2D eigenvalue weighted by Gasteiger charge is 2.31. The third kappa shape index (κ3) is 1.95. The lowest BCUT2D eigenvalue weighted by Gasteiger charge is -2.28. The van der Waals surface area contributed by atoms with Gasteiger partial charge in [0.2, 0.25) is 5.91 Å². The molecule has 1 atom stereocenters. The van der Waals surface area contributed by atoms with Crippen LogP contribution in [0, 0.1) is 0 Å². The molecule has 0 saturated carbocycles. The van der Waals surface area contributed by atoms with Gasteiger partial charge in [-0.05, 0) is 17.7 Å². The van der Waals surface area contributed by atoms with E-state index in [1.165, 1.54) is 0 Å². The van der Waals surface area contributed by atoms with Crippen LogP contribution in [0.3, 0.4) is 0 Å². The van der Waals surface area contributed by atoms with Gasteiger partial charge in [-0.2, -0.15) is 5.10 Å². The van der Waals surface area contributed by atoms with E-state index in [1.54, 1.807) is 13.3 Å². The molecule has 0 fully saturated rings. The minimum atomic E-state index is -0.0147. The Morgan fingerprint density at radius 3 is 3.18 bits per heavy atom. The molecule has 1 aromatic carbocycles. The maximum Gasteiger partial charge on any atom is 0.226 e. The monoisotopic (exact) mass is 297 g/mol. The maximum atomic E-state index is 11.9. The molecule has 0 radical (unpaired) electrons. The molecule has 1 amide bonds. The predicted octanol–water partition coefficient (Wildman–Crippen LogP) is 2.32. The van der Waals surface area contributed by atoms with E-state index in [0.29, 0.717) is 18.8 Å². The lowest BCUT2D eigenvalue weighted by atomic mass is 9.85. The van der Waals surface area contributed by atoms with Crippen LogP contribution in [0.15, 0.2) is 30.0 Å². The number of aromatic amines is 1. The molecular weight excluding hydrogens is 282 g/mol. The van der Waals surface area contributed by atoms with Crippen molar-refractivity contribution in [1.29, 1.82) is 0 Å². The van der Waals surface area contributed by atoms with Gasteiger partial charge in [0.15, 0.2) is 11.5 Å². The Morgan fingerprint density at radius 1 is 1.41 bits per heavy atom. The second-order valence-electron chi connectivity index (χ2n) is 5.39. The lowest BCUT2D eigenvalue weighted by molar-refractivity contribution is -0.116. The van der Waals surface area contributed by atoms with Gasteiger partial charge in [0, 0.05) is 23.5 Å². The van der Waals surface area contributed by atoms with Crippen molar-refractivity contribution < 1.29 is 14.3 Å². The van der Waals surface area contributed by atoms with Crippen LogP contribution in [-0.4, -0.2) is 29.8 Å². The number of hydrogen-bond donors (Lipinski definition) is 2. The number of amides is 1. The van der Waals surface area contributed by atoms with Gasteiger partial charge >= 0.3 is 0 Å². The van der Waals surface area contributed by atoms with Crippen LogP contribution in [0.5, 0.6) is 11.5 Å². The molecule has 0 bridgehead atoms. The molecule has 112 valence electrons. The average molecular weight is 297 g/mol. The van der Waals surface area contributed by atoms with Crippen LogP contribution in [0.25, 0.3) is 6.08 Å². The molecule has 0 spiro atoms. The highest BCUT2D eigenvalue weighted by atomic mass is 16.5. The molecule has 0 saturated heterocycles. The minimum absolute atomic E-state index is 0.0122. The highest BCUT2D eigenvalue weighted by molar-refractivity contribution is 5.94. The van der Waals surface area contributed by atoms with Gasteiger partial charge < -0.3 is 14.8 Å². The molecule has 0 aliphatic carbocycles. The zero-order valence-corrected chi connectivity index (χ0v) is 12.1. The smallest absolute Gasteiger partial charge is 0.226 e. The first kappa shape index (κ1) is 12.9. The molecule has 2 N–H and O–H groups in total. The Morgan fingerprint density at radius 2 is 2.32 bits per heavy atom. The second kappa shape index (κ2) is 4.91. The van der Waals surface area contributed by atoms with Gasteiger partial charge in [0.05, 0.1) is 13.3 Å². The van der Waals surface area contributed by atoms with Crippen molar-refractivity contribution in [1.82, 2.24) is 10.2 Å². The summed E-state index contributed by atoms with van der Waals surface area (Å²) < 4.78 is 11.2. The number of benzene rings is 1. The Kier molecular flexibility index (Phi) is 2.89. The van der Waals surface area contributed by atoms with E-state index in [4.69, 9.17) is 9.47 Å². The van der Waals surface area contributed by atoms with Crippen molar-refractivity contribution in [3.05, 3.63) is 41.1 Å². The normalized spacial score (nSPS) is 19.4. The molecule has 3 heterocycles. The van der Waals surface area contributed by atoms with Crippen molar-refractivity contribution in [2.75, 3.05) is 19.0 Å². The number of aromatic nitrogens is 2. The third-order valence-corrected chi connectivity index (χ3v) is 4.10. The van der Waals surface area contributed by atoms with E-state index in [-0.39, 0.29) is 11.8 Å². The van der Waals surface area contributed by atoms with Gasteiger partial charge in [0.1, 0.15) is 12.4 Å². The number of carbonyl (C=O) groups excluding carboxylic acids is 1. The van der Waals surface area contributed by atoms with Gasteiger partial charge in [-0.3, -0.25) is 9.89 Å². The topological polar surface area (TPSA) is 76.2 Å². The summed E-state index contributed by atoms with van der Waals surface area (Å²) in [6.45, 7) is 0.440. The summed E-state index contributed by atoms with van der Waals surface area (Å²) in [5.74, 6) is 2.12. The average Bonchev–Trinajstić information content (AvgIpc) is 3.01. The van der Waals surface area contributed by atoms with E-state index >= 15 is 0 Å². The Labute approximate surface area is 127 Å². The Bertz CT molecular complexity index is 779. The van der Waals surface area contributed by atoms with Gasteiger partial charge in [-0.25, -0.2) is 0 Å². The summed E-state index contributed by atoms with van der Waals surface area (Å²) in [5.41, 5.74) is 3.04. The number of carbonyl (C=O) groups is 1. The largest absolute Gasteiger partial charge is 0.493 e. The summed E-state index contributed by atoms with van der Waals surface area (Å²) in [4.78, 5) is 11.9. The molecule has 6 heteroatoms. The second-order valence-corrected chi connectivity index (χ2v) is 5.39. The number of H-pyrrole nitrogens is 1. The van der Waals surface area contributed by atoms with E-state index in [2.05, 4.69) is 21.6 Å². The zero-order chi connectivity index (χ0) is 15.1. The first-order valence-electron chi connectivity index (χ1n) is 7.09. The summed E-state index contributed by atoms with van der Waals surface area (Å²) in [5, 5.41) is 9.65. The van der Waals surface area contributed by atoms with Crippen molar-refractivity contribution in [2.45, 2.75) is 12.3 Å². The summed E-state index contributed by atoms with van der Waals surface area (Å²) in [7, 11) is 1.63. The molecular formula is C16H15N3O3. The van der Waals surface area contributed by atoms with Crippen molar-refractivity contribution in [3.8, 4) is 11.5 Å². The molecule has 0 unspecified atom stereocenters. The predicted molar refractivity (Wildman–Crippen MR) is 81.0 cm³/mol. The molecule has 6 nitrogen and oxygen atoms in total. The number of anilines is 1. The molecule has 2 aliphatic rings. The standard InChI is InChI=1S/C16H15N3O3/c1-21-13-4-2-3-9-5-10(8-22-15(9)13)11-6-14(20)18-16-12(11)7-17-19-16/h2-5,7,11H,6,8H2,1H3,(H2,17,18,19,20)/t11-/m1/s1. The Hall–Kier alpha value is -2.76. The van der Waals surface area contributed by atoms with Crippen LogP contribution in [-0.2, 0) is 4.79 Å². The number of para-hydroxylation sites is 1. The van der Waals surface area contributed by atoms with Crippen LogP contribution in [0.2, 0.25) is 0 Å². The molecule has 4 rings (SSSR count). The number of methoxy groups -OCH3 is 1. The van der Waals surface area contributed by atoms with Crippen LogP contribution < -0.4 is 14.8 Å². The fourth-order valence-corrected chi connectivity index (χ4v) is 3.04. The summed E-state index contributed by atoms with van der Waals surface area (Å²) >= 11 is 0. The van der Waals surface area contributed by atoms with Gasteiger partial charge in [-0.1, -0.05) is 12.1 Å². The quantitative estimate of drug-likeness (QED) is 0.892. The summed E-state index contributed by atoms with van der Waals surface area (Å²) in [6, 6.07) is 5.79. The Balaban J connectivity index is 1.76. The zero-order valence-electron chi connectivity index (χ0n) is 12.1. The first-order valence-corrected chi connectivity index (χ1v) is 7.09. The highest BCUT2D eigenvalue weighted by Crippen LogP contribution is 2.42. The number of nitrogens with zero attached hydrogens (tertiary/aromatic N) is 1. The third-order valence-electron chi connectivity index (χ3n) is 4.10. The molecule has 22 heavy (non-hydrogen) atoms. The first-order chi connectivity index (χ1) is 10.8. The summed E-state index contributed by atoms with van der Waals surface area (Å²) in [6.07, 6.45) is 4.25. The molecule has 1 aromatic heterocycles. The number of ether oxygens (including phenoxy) is 2. The van der Waals surface area contributed by atoms with E-state index in [1.807, 2.05) is 18.2 Å². The minimum Gasteiger partial charge on any atom is -0.493 e. The van der Waals surface area contributed by atoms with Gasteiger partial charge in [-0.15, -0.1) is 0 Å². The number of hydrogen-bond acceptors (Lipinski definition) is 4. The van der Waals surface area contributed by atoms with E-state index < -0.39 is 0 Å². The van der Waals surface area contributed by atoms with Crippen LogP contribution in [0.1, 0.15) is 23.5 Å². The van der Waals surface area contributed by atoms with Crippen molar-refractivity contribution in [2.24, 2.45) is 0 Å². The fraction of sp³-hybridized carbons (Fsp3) is 0.250. The number of rotatable bonds is 2. The van der Waals surface area contributed by atoms with Crippen LogP contribution in [0.4, 0.5) is 5.82 Å². The SMILES string of the molecule is COc1cccc2c1OCC([C@H]1CC(=O)Nc3[nH]ncc31)=C2. The maximum absolute atomic E-state index is 11.9. The molecule has 2 aromatic rings. The van der Waals surface area contributed by atoms with E-state index in [9.17, 15) is 4.79 Å².